The lowest BCUT2D eigenvalue weighted by atomic mass is 10.1. The predicted molar refractivity (Wildman–Crippen MR) is 100.0 cm³/mol. The minimum absolute atomic E-state index is 0.0398. The molecule has 0 spiro atoms. The minimum Gasteiger partial charge on any atom is -0.444 e. The van der Waals surface area contributed by atoms with E-state index in [0.29, 0.717) is 0 Å². The Labute approximate surface area is 157 Å². The highest BCUT2D eigenvalue weighted by Crippen LogP contribution is 2.09. The van der Waals surface area contributed by atoms with Crippen molar-refractivity contribution in [2.45, 2.75) is 91.7 Å². The molecule has 0 rings (SSSR count). The van der Waals surface area contributed by atoms with Crippen LogP contribution in [-0.4, -0.2) is 52.9 Å². The van der Waals surface area contributed by atoms with E-state index < -0.39 is 34.7 Å². The van der Waals surface area contributed by atoms with Crippen LogP contribution < -0.4 is 10.6 Å². The first-order valence-corrected chi connectivity index (χ1v) is 8.55. The lowest BCUT2D eigenvalue weighted by molar-refractivity contribution is 0.0393. The van der Waals surface area contributed by atoms with Crippen molar-refractivity contribution < 1.29 is 28.6 Å². The van der Waals surface area contributed by atoms with Crippen molar-refractivity contribution in [2.24, 2.45) is 0 Å². The Hall–Kier alpha value is -1.57. The van der Waals surface area contributed by atoms with Gasteiger partial charge < -0.3 is 25.2 Å². The Kier molecular flexibility index (Phi) is 10.2. The van der Waals surface area contributed by atoms with Gasteiger partial charge in [-0.15, -0.1) is 0 Å². The van der Waals surface area contributed by atoms with Crippen LogP contribution in [0.3, 0.4) is 0 Å². The number of alkyl halides is 1. The molecule has 0 unspecified atom stereocenters. The Morgan fingerprint density at radius 3 is 1.31 bits per heavy atom. The monoisotopic (exact) mass is 380 g/mol. The maximum atomic E-state index is 12.9. The number of hydrogen-bond acceptors (Lipinski definition) is 5. The van der Waals surface area contributed by atoms with Gasteiger partial charge in [0.15, 0.2) is 0 Å². The molecule has 0 aromatic heterocycles. The van der Waals surface area contributed by atoms with E-state index in [1.165, 1.54) is 13.8 Å². The van der Waals surface area contributed by atoms with Crippen LogP contribution in [0.25, 0.3) is 0 Å². The van der Waals surface area contributed by atoms with Gasteiger partial charge in [0, 0.05) is 6.54 Å². The van der Waals surface area contributed by atoms with Crippen molar-refractivity contribution >= 4 is 12.2 Å². The minimum atomic E-state index is -1.41. The molecule has 7 nitrogen and oxygen atoms in total. The average Bonchev–Trinajstić information content (AvgIpc) is 2.29. The predicted octanol–water partition coefficient (Wildman–Crippen LogP) is 3.54. The SMILES string of the molecule is CC(C)(F)CNC(=O)OC(C)(C)C.CC(C)(O)CNC(=O)OC(C)(C)C. The number of nitrogens with one attached hydrogen (secondary N) is 2. The third-order valence-electron chi connectivity index (χ3n) is 2.12. The van der Waals surface area contributed by atoms with Crippen LogP contribution in [0.2, 0.25) is 0 Å². The molecule has 0 heterocycles. The van der Waals surface area contributed by atoms with Crippen molar-refractivity contribution in [1.82, 2.24) is 10.6 Å². The summed E-state index contributed by atoms with van der Waals surface area (Å²) in [5, 5.41) is 14.1. The smallest absolute Gasteiger partial charge is 0.407 e. The second-order valence-corrected chi connectivity index (χ2v) is 9.24. The zero-order valence-electron chi connectivity index (χ0n) is 17.9. The van der Waals surface area contributed by atoms with Gasteiger partial charge in [-0.3, -0.25) is 0 Å². The van der Waals surface area contributed by atoms with Gasteiger partial charge in [0.05, 0.1) is 12.1 Å². The Balaban J connectivity index is 0. The van der Waals surface area contributed by atoms with Crippen molar-refractivity contribution in [3.05, 3.63) is 0 Å². The zero-order valence-corrected chi connectivity index (χ0v) is 17.9. The number of aliphatic hydroxyl groups is 1. The molecule has 0 aliphatic rings. The molecule has 0 aromatic carbocycles. The molecule has 0 saturated heterocycles. The number of hydrogen-bond donors (Lipinski definition) is 3. The Morgan fingerprint density at radius 1 is 0.769 bits per heavy atom. The van der Waals surface area contributed by atoms with Gasteiger partial charge in [-0.25, -0.2) is 14.0 Å². The first kappa shape index (κ1) is 26.7. The van der Waals surface area contributed by atoms with Gasteiger partial charge in [-0.2, -0.15) is 0 Å². The van der Waals surface area contributed by atoms with Crippen LogP contribution in [-0.2, 0) is 9.47 Å². The van der Waals surface area contributed by atoms with Gasteiger partial charge in [-0.1, -0.05) is 0 Å². The van der Waals surface area contributed by atoms with E-state index in [1.807, 2.05) is 0 Å². The summed E-state index contributed by atoms with van der Waals surface area (Å²) in [5.41, 5.74) is -3.35. The number of carbonyl (C=O) groups excluding carboxylic acids is 2. The summed E-state index contributed by atoms with van der Waals surface area (Å²) in [7, 11) is 0. The lowest BCUT2D eigenvalue weighted by Crippen LogP contribution is -2.40. The van der Waals surface area contributed by atoms with Crippen LogP contribution in [0.1, 0.15) is 69.2 Å². The topological polar surface area (TPSA) is 96.9 Å². The second-order valence-electron chi connectivity index (χ2n) is 9.24. The largest absolute Gasteiger partial charge is 0.444 e. The molecule has 0 aliphatic carbocycles. The molecule has 0 radical (unpaired) electrons. The van der Waals surface area contributed by atoms with E-state index in [-0.39, 0.29) is 13.1 Å². The fourth-order valence-corrected chi connectivity index (χ4v) is 1.20. The van der Waals surface area contributed by atoms with Crippen molar-refractivity contribution in [3.63, 3.8) is 0 Å². The van der Waals surface area contributed by atoms with Gasteiger partial charge in [-0.05, 0) is 69.2 Å². The summed E-state index contributed by atoms with van der Waals surface area (Å²) < 4.78 is 22.8. The van der Waals surface area contributed by atoms with Gasteiger partial charge in [0.25, 0.3) is 0 Å². The van der Waals surface area contributed by atoms with Gasteiger partial charge >= 0.3 is 12.2 Å². The molecular formula is C18H37FN2O5. The molecule has 0 atom stereocenters. The van der Waals surface area contributed by atoms with E-state index in [0.717, 1.165) is 0 Å². The molecule has 26 heavy (non-hydrogen) atoms. The number of amides is 2. The molecule has 0 saturated carbocycles. The average molecular weight is 381 g/mol. The lowest BCUT2D eigenvalue weighted by Gasteiger charge is -2.22. The first-order valence-electron chi connectivity index (χ1n) is 8.55. The van der Waals surface area contributed by atoms with Crippen molar-refractivity contribution in [2.75, 3.05) is 13.1 Å². The maximum Gasteiger partial charge on any atom is 0.407 e. The van der Waals surface area contributed by atoms with E-state index in [2.05, 4.69) is 10.6 Å². The van der Waals surface area contributed by atoms with E-state index >= 15 is 0 Å². The summed E-state index contributed by atoms with van der Waals surface area (Å²) in [6.45, 7) is 16.8. The molecule has 2 amide bonds. The van der Waals surface area contributed by atoms with Gasteiger partial charge in [0.1, 0.15) is 16.9 Å². The summed E-state index contributed by atoms with van der Waals surface area (Å²) in [4.78, 5) is 22.1. The molecular weight excluding hydrogens is 343 g/mol. The Bertz CT molecular complexity index is 398. The quantitative estimate of drug-likeness (QED) is 0.693. The summed E-state index contributed by atoms with van der Waals surface area (Å²) in [6.07, 6.45) is -1.09. The summed E-state index contributed by atoms with van der Waals surface area (Å²) >= 11 is 0. The first-order chi connectivity index (χ1) is 11.2. The standard InChI is InChI=1S/C9H18FNO2.C9H19NO3/c1-8(2,3)13-7(12)11-6-9(4,5)10;1-8(2,3)13-7(11)10-6-9(4,5)12/h6H2,1-5H3,(H,11,12);12H,6H2,1-5H3,(H,10,11). The highest BCUT2D eigenvalue weighted by Gasteiger charge is 2.20. The molecule has 0 aromatic rings. The Morgan fingerprint density at radius 2 is 1.08 bits per heavy atom. The molecule has 156 valence electrons. The normalized spacial score (nSPS) is 12.5. The fourth-order valence-electron chi connectivity index (χ4n) is 1.20. The van der Waals surface area contributed by atoms with Crippen LogP contribution in [0.4, 0.5) is 14.0 Å². The fraction of sp³-hybridized carbons (Fsp3) is 0.889. The zero-order chi connectivity index (χ0) is 21.4. The van der Waals surface area contributed by atoms with Crippen LogP contribution in [0.15, 0.2) is 0 Å². The van der Waals surface area contributed by atoms with Crippen molar-refractivity contribution in [1.29, 1.82) is 0 Å². The number of alkyl carbamates (subject to hydrolysis) is 2. The molecule has 8 heteroatoms. The summed E-state index contributed by atoms with van der Waals surface area (Å²) in [5.74, 6) is 0. The summed E-state index contributed by atoms with van der Waals surface area (Å²) in [6, 6.07) is 0. The second kappa shape index (κ2) is 9.94. The van der Waals surface area contributed by atoms with Crippen molar-refractivity contribution in [3.8, 4) is 0 Å². The van der Waals surface area contributed by atoms with Crippen LogP contribution in [0, 0.1) is 0 Å². The molecule has 3 N–H and O–H groups in total. The number of carbonyl (C=O) groups is 2. The molecule has 0 fully saturated rings. The molecule has 0 aliphatic heterocycles. The van der Waals surface area contributed by atoms with Crippen LogP contribution in [0.5, 0.6) is 0 Å². The third-order valence-corrected chi connectivity index (χ3v) is 2.12. The maximum absolute atomic E-state index is 12.9. The third kappa shape index (κ3) is 24.7. The van der Waals surface area contributed by atoms with Crippen LogP contribution >= 0.6 is 0 Å². The highest BCUT2D eigenvalue weighted by atomic mass is 19.1. The van der Waals surface area contributed by atoms with E-state index in [9.17, 15) is 19.1 Å². The number of ether oxygens (including phenoxy) is 2. The highest BCUT2D eigenvalue weighted by molar-refractivity contribution is 5.68. The number of halogens is 1. The van der Waals surface area contributed by atoms with Gasteiger partial charge in [0.2, 0.25) is 0 Å². The van der Waals surface area contributed by atoms with E-state index in [1.54, 1.807) is 55.4 Å². The molecule has 0 bridgehead atoms. The number of rotatable bonds is 4. The van der Waals surface area contributed by atoms with E-state index in [4.69, 9.17) is 9.47 Å².